The highest BCUT2D eigenvalue weighted by Crippen LogP contribution is 2.34. The molecule has 2 saturated heterocycles. The highest BCUT2D eigenvalue weighted by Gasteiger charge is 2.37. The molecule has 2 heteroatoms. The van der Waals surface area contributed by atoms with Crippen LogP contribution >= 0.6 is 0 Å². The quantitative estimate of drug-likeness (QED) is 0.891. The van der Waals surface area contributed by atoms with Crippen molar-refractivity contribution in [2.45, 2.75) is 76.0 Å². The van der Waals surface area contributed by atoms with Crippen LogP contribution in [0.2, 0.25) is 0 Å². The number of hydrogen-bond acceptors (Lipinski definition) is 2. The van der Waals surface area contributed by atoms with Crippen LogP contribution in [0.25, 0.3) is 0 Å². The van der Waals surface area contributed by atoms with E-state index in [2.05, 4.69) is 41.5 Å². The molecule has 120 valence electrons. The molecule has 0 aromatic heterocycles. The van der Waals surface area contributed by atoms with Gasteiger partial charge >= 0.3 is 0 Å². The van der Waals surface area contributed by atoms with E-state index in [4.69, 9.17) is 0 Å². The van der Waals surface area contributed by atoms with Crippen LogP contribution in [0.4, 0.5) is 0 Å². The molecule has 1 aromatic rings. The van der Waals surface area contributed by atoms with E-state index in [1.807, 2.05) is 0 Å². The molecule has 0 amide bonds. The highest BCUT2D eigenvalue weighted by molar-refractivity contribution is 5.24. The Morgan fingerprint density at radius 1 is 1.05 bits per heavy atom. The maximum atomic E-state index is 3.84. The fourth-order valence-electron chi connectivity index (χ4n) is 4.74. The Morgan fingerprint density at radius 3 is 2.45 bits per heavy atom. The molecule has 2 aliphatic heterocycles. The van der Waals surface area contributed by atoms with Gasteiger partial charge < -0.3 is 10.2 Å². The Morgan fingerprint density at radius 2 is 1.77 bits per heavy atom. The van der Waals surface area contributed by atoms with E-state index in [0.29, 0.717) is 0 Å². The third-order valence-electron chi connectivity index (χ3n) is 6.43. The Hall–Kier alpha value is -0.860. The van der Waals surface area contributed by atoms with E-state index in [1.165, 1.54) is 56.9 Å². The molecule has 22 heavy (non-hydrogen) atoms. The molecule has 1 aromatic carbocycles. The first-order valence-electron chi connectivity index (χ1n) is 9.31. The zero-order valence-corrected chi connectivity index (χ0v) is 13.9. The summed E-state index contributed by atoms with van der Waals surface area (Å²) in [6, 6.07) is 11.7. The lowest BCUT2D eigenvalue weighted by molar-refractivity contribution is 0.148. The summed E-state index contributed by atoms with van der Waals surface area (Å²) in [5, 5.41) is 3.84. The average molecular weight is 298 g/mol. The summed E-state index contributed by atoms with van der Waals surface area (Å²) in [4.78, 5) is 2.62. The molecule has 0 radical (unpaired) electrons. The first-order chi connectivity index (χ1) is 10.8. The predicted octanol–water partition coefficient (Wildman–Crippen LogP) is 3.74. The van der Waals surface area contributed by atoms with Crippen LogP contribution in [0.15, 0.2) is 24.3 Å². The lowest BCUT2D eigenvalue weighted by Crippen LogP contribution is -2.46. The van der Waals surface area contributed by atoms with E-state index in [-0.39, 0.29) is 0 Å². The van der Waals surface area contributed by atoms with Crippen LogP contribution in [0, 0.1) is 5.92 Å². The van der Waals surface area contributed by atoms with Gasteiger partial charge in [-0.2, -0.15) is 0 Å². The Bertz CT molecular complexity index is 494. The molecular formula is C20H30N2. The number of piperidine rings is 1. The van der Waals surface area contributed by atoms with Crippen LogP contribution in [-0.2, 0) is 13.0 Å². The van der Waals surface area contributed by atoms with Crippen molar-refractivity contribution < 1.29 is 0 Å². The standard InChI is InChI=1S/C20H30N2/c1-22-19-8-9-20(22)13-18(12-19)21-14-17-7-3-6-16(11-17)10-15-4-2-5-15/h3,6-7,11,15,18-21H,2,4-5,8-10,12-14H2,1H3. The number of fused-ring (bicyclic) bond motifs is 2. The van der Waals surface area contributed by atoms with Crippen LogP contribution in [0.3, 0.4) is 0 Å². The molecule has 2 unspecified atom stereocenters. The second kappa shape index (κ2) is 6.33. The largest absolute Gasteiger partial charge is 0.310 e. The van der Waals surface area contributed by atoms with Gasteiger partial charge in [-0.25, -0.2) is 0 Å². The molecule has 4 rings (SSSR count). The Balaban J connectivity index is 1.31. The third kappa shape index (κ3) is 3.09. The van der Waals surface area contributed by atoms with Crippen molar-refractivity contribution in [3.05, 3.63) is 35.4 Å². The van der Waals surface area contributed by atoms with Crippen molar-refractivity contribution >= 4 is 0 Å². The van der Waals surface area contributed by atoms with Crippen molar-refractivity contribution in [1.29, 1.82) is 0 Å². The van der Waals surface area contributed by atoms with Gasteiger partial charge in [-0.1, -0.05) is 43.5 Å². The fourth-order valence-corrected chi connectivity index (χ4v) is 4.74. The fraction of sp³-hybridized carbons (Fsp3) is 0.700. The third-order valence-corrected chi connectivity index (χ3v) is 6.43. The van der Waals surface area contributed by atoms with E-state index in [9.17, 15) is 0 Å². The van der Waals surface area contributed by atoms with E-state index < -0.39 is 0 Å². The van der Waals surface area contributed by atoms with E-state index in [1.54, 1.807) is 5.56 Å². The van der Waals surface area contributed by atoms with Crippen molar-refractivity contribution in [2.24, 2.45) is 5.92 Å². The molecule has 2 atom stereocenters. The predicted molar refractivity (Wildman–Crippen MR) is 91.9 cm³/mol. The number of hydrogen-bond donors (Lipinski definition) is 1. The summed E-state index contributed by atoms with van der Waals surface area (Å²) >= 11 is 0. The van der Waals surface area contributed by atoms with Gasteiger partial charge in [0.05, 0.1) is 0 Å². The maximum Gasteiger partial charge on any atom is 0.0208 e. The topological polar surface area (TPSA) is 15.3 Å². The lowest BCUT2D eigenvalue weighted by atomic mass is 9.81. The second-order valence-electron chi connectivity index (χ2n) is 7.92. The number of benzene rings is 1. The lowest BCUT2D eigenvalue weighted by Gasteiger charge is -2.36. The van der Waals surface area contributed by atoms with Crippen LogP contribution in [-0.4, -0.2) is 30.1 Å². The summed E-state index contributed by atoms with van der Waals surface area (Å²) in [6.45, 7) is 1.05. The van der Waals surface area contributed by atoms with Gasteiger partial charge in [0.15, 0.2) is 0 Å². The van der Waals surface area contributed by atoms with Crippen LogP contribution in [0.5, 0.6) is 0 Å². The summed E-state index contributed by atoms with van der Waals surface area (Å²) < 4.78 is 0. The van der Waals surface area contributed by atoms with Crippen LogP contribution < -0.4 is 5.32 Å². The van der Waals surface area contributed by atoms with Crippen molar-refractivity contribution in [1.82, 2.24) is 10.2 Å². The summed E-state index contributed by atoms with van der Waals surface area (Å²) in [7, 11) is 2.32. The SMILES string of the molecule is CN1C2CCC1CC(NCc1cccc(CC3CCC3)c1)C2. The first kappa shape index (κ1) is 14.7. The Kier molecular flexibility index (Phi) is 4.23. The zero-order valence-electron chi connectivity index (χ0n) is 13.9. The first-order valence-corrected chi connectivity index (χ1v) is 9.31. The van der Waals surface area contributed by atoms with Gasteiger partial charge in [0.2, 0.25) is 0 Å². The number of nitrogens with zero attached hydrogens (tertiary/aromatic N) is 1. The van der Waals surface area contributed by atoms with Crippen molar-refractivity contribution in [3.8, 4) is 0 Å². The number of nitrogens with one attached hydrogen (secondary N) is 1. The van der Waals surface area contributed by atoms with Crippen LogP contribution in [0.1, 0.15) is 56.1 Å². The molecule has 1 N–H and O–H groups in total. The van der Waals surface area contributed by atoms with Gasteiger partial charge in [-0.05, 0) is 56.2 Å². The van der Waals surface area contributed by atoms with Gasteiger partial charge in [0, 0.05) is 24.7 Å². The summed E-state index contributed by atoms with van der Waals surface area (Å²) in [5.74, 6) is 0.965. The highest BCUT2D eigenvalue weighted by atomic mass is 15.2. The molecule has 2 heterocycles. The molecular weight excluding hydrogens is 268 g/mol. The minimum atomic E-state index is 0.726. The molecule has 3 aliphatic rings. The van der Waals surface area contributed by atoms with Gasteiger partial charge in [0.25, 0.3) is 0 Å². The molecule has 2 nitrogen and oxygen atoms in total. The second-order valence-corrected chi connectivity index (χ2v) is 7.92. The van der Waals surface area contributed by atoms with E-state index in [0.717, 1.165) is 30.6 Å². The number of rotatable bonds is 5. The van der Waals surface area contributed by atoms with E-state index >= 15 is 0 Å². The summed E-state index contributed by atoms with van der Waals surface area (Å²) in [5.41, 5.74) is 3.02. The van der Waals surface area contributed by atoms with Crippen molar-refractivity contribution in [3.63, 3.8) is 0 Å². The minimum absolute atomic E-state index is 0.726. The zero-order chi connectivity index (χ0) is 14.9. The molecule has 3 fully saturated rings. The van der Waals surface area contributed by atoms with Gasteiger partial charge in [0.1, 0.15) is 0 Å². The normalized spacial score (nSPS) is 32.1. The smallest absolute Gasteiger partial charge is 0.0208 e. The monoisotopic (exact) mass is 298 g/mol. The maximum absolute atomic E-state index is 3.84. The average Bonchev–Trinajstić information content (AvgIpc) is 2.72. The minimum Gasteiger partial charge on any atom is -0.310 e. The van der Waals surface area contributed by atoms with Gasteiger partial charge in [-0.15, -0.1) is 0 Å². The van der Waals surface area contributed by atoms with Gasteiger partial charge in [-0.3, -0.25) is 0 Å². The molecule has 0 spiro atoms. The molecule has 1 aliphatic carbocycles. The van der Waals surface area contributed by atoms with Crippen molar-refractivity contribution in [2.75, 3.05) is 7.05 Å². The molecule has 1 saturated carbocycles. The Labute approximate surface area is 135 Å². The molecule has 2 bridgehead atoms. The summed E-state index contributed by atoms with van der Waals surface area (Å²) in [6.07, 6.45) is 11.1.